The molecule has 28 heavy (non-hydrogen) atoms. The minimum absolute atomic E-state index is 0.167. The molecule has 2 N–H and O–H groups in total. The molecule has 2 aliphatic rings. The quantitative estimate of drug-likeness (QED) is 0.405. The molecular weight excluding hydrogens is 360 g/mol. The maximum Gasteiger partial charge on any atom is 0.334 e. The van der Waals surface area contributed by atoms with Crippen LogP contribution in [-0.4, -0.2) is 46.1 Å². The first-order valence-electron chi connectivity index (χ1n) is 9.82. The summed E-state index contributed by atoms with van der Waals surface area (Å²) >= 11 is 0. The highest BCUT2D eigenvalue weighted by atomic mass is 16.6. The molecule has 0 bridgehead atoms. The first-order chi connectivity index (χ1) is 13.0. The van der Waals surface area contributed by atoms with E-state index in [0.717, 1.165) is 11.1 Å². The number of ether oxygens (including phenoxy) is 2. The van der Waals surface area contributed by atoms with Gasteiger partial charge in [0.05, 0.1) is 11.7 Å². The van der Waals surface area contributed by atoms with E-state index in [1.54, 1.807) is 6.92 Å². The van der Waals surface area contributed by atoms with E-state index in [-0.39, 0.29) is 5.92 Å². The van der Waals surface area contributed by atoms with E-state index in [0.29, 0.717) is 37.7 Å². The SMILES string of the molecule is C=C1C(=O)O[C@H]2/C=C(\C)CC[C@H](OC(C)=O)[C@](C)(O)CC[C@H](O)/C(C)=C\C[C@@H]12. The third kappa shape index (κ3) is 5.55. The number of carbonyl (C=O) groups excluding carboxylic acids is 2. The van der Waals surface area contributed by atoms with Gasteiger partial charge < -0.3 is 19.7 Å². The van der Waals surface area contributed by atoms with Gasteiger partial charge in [0.15, 0.2) is 0 Å². The number of fused-ring (bicyclic) bond motifs is 1. The molecule has 5 atom stereocenters. The van der Waals surface area contributed by atoms with Crippen molar-refractivity contribution in [2.24, 2.45) is 5.92 Å². The van der Waals surface area contributed by atoms with Crippen molar-refractivity contribution in [2.45, 2.75) is 83.7 Å². The lowest BCUT2D eigenvalue weighted by Gasteiger charge is -2.33. The molecule has 0 amide bonds. The van der Waals surface area contributed by atoms with Crippen LogP contribution in [0.3, 0.4) is 0 Å². The molecule has 0 aromatic rings. The van der Waals surface area contributed by atoms with Gasteiger partial charge >= 0.3 is 11.9 Å². The Hall–Kier alpha value is -1.92. The van der Waals surface area contributed by atoms with Crippen LogP contribution in [0.2, 0.25) is 0 Å². The van der Waals surface area contributed by atoms with Gasteiger partial charge in [-0.05, 0) is 64.5 Å². The van der Waals surface area contributed by atoms with Gasteiger partial charge in [-0.1, -0.05) is 18.2 Å². The van der Waals surface area contributed by atoms with Crippen molar-refractivity contribution in [2.75, 3.05) is 0 Å². The van der Waals surface area contributed by atoms with Crippen molar-refractivity contribution in [3.8, 4) is 0 Å². The standard InChI is InChI=1S/C22H32O6/c1-13-6-9-20(27-16(4)23)22(5,26)11-10-18(24)14(2)7-8-17-15(3)21(25)28-19(17)12-13/h7,12,17-20,24,26H,3,6,8-11H2,1-2,4-5H3/b13-12+,14-7-/t17-,18-,19-,20-,22+/m0/s1. The third-order valence-corrected chi connectivity index (χ3v) is 5.74. The molecule has 0 unspecified atom stereocenters. The van der Waals surface area contributed by atoms with Crippen LogP contribution in [0.25, 0.3) is 0 Å². The summed E-state index contributed by atoms with van der Waals surface area (Å²) in [6, 6.07) is 0. The van der Waals surface area contributed by atoms with Crippen LogP contribution in [0.1, 0.15) is 59.8 Å². The average molecular weight is 392 g/mol. The number of aliphatic hydroxyl groups excluding tert-OH is 1. The zero-order valence-corrected chi connectivity index (χ0v) is 17.2. The molecule has 2 rings (SSSR count). The van der Waals surface area contributed by atoms with Gasteiger partial charge in [-0.3, -0.25) is 4.79 Å². The Bertz CT molecular complexity index is 687. The number of hydrogen-bond donors (Lipinski definition) is 2. The molecule has 0 radical (unpaired) electrons. The van der Waals surface area contributed by atoms with Gasteiger partial charge in [0.2, 0.25) is 0 Å². The molecular formula is C22H32O6. The third-order valence-electron chi connectivity index (χ3n) is 5.74. The molecule has 156 valence electrons. The van der Waals surface area contributed by atoms with Gasteiger partial charge in [0, 0.05) is 18.4 Å². The number of carbonyl (C=O) groups is 2. The smallest absolute Gasteiger partial charge is 0.334 e. The van der Waals surface area contributed by atoms with Crippen LogP contribution in [-0.2, 0) is 19.1 Å². The van der Waals surface area contributed by atoms with Gasteiger partial charge in [-0.2, -0.15) is 0 Å². The normalized spacial score (nSPS) is 38.9. The van der Waals surface area contributed by atoms with Crippen molar-refractivity contribution in [1.29, 1.82) is 0 Å². The minimum Gasteiger partial charge on any atom is -0.459 e. The number of aliphatic hydroxyl groups is 2. The van der Waals surface area contributed by atoms with Crippen LogP contribution in [0, 0.1) is 5.92 Å². The maximum atomic E-state index is 12.0. The summed E-state index contributed by atoms with van der Waals surface area (Å²) in [5, 5.41) is 21.4. The Morgan fingerprint density at radius 3 is 2.68 bits per heavy atom. The predicted molar refractivity (Wildman–Crippen MR) is 105 cm³/mol. The molecule has 0 aromatic heterocycles. The molecule has 0 saturated carbocycles. The summed E-state index contributed by atoms with van der Waals surface area (Å²) in [7, 11) is 0. The van der Waals surface area contributed by atoms with Crippen LogP contribution in [0.15, 0.2) is 35.5 Å². The van der Waals surface area contributed by atoms with Crippen molar-refractivity contribution >= 4 is 11.9 Å². The summed E-state index contributed by atoms with van der Waals surface area (Å²) in [6.45, 7) is 10.6. The monoisotopic (exact) mass is 392 g/mol. The molecule has 0 aromatic carbocycles. The lowest BCUT2D eigenvalue weighted by Crippen LogP contribution is -2.43. The first kappa shape index (κ1) is 22.4. The number of allylic oxidation sites excluding steroid dienone is 2. The van der Waals surface area contributed by atoms with Gasteiger partial charge in [0.25, 0.3) is 0 Å². The van der Waals surface area contributed by atoms with E-state index in [4.69, 9.17) is 9.47 Å². The topological polar surface area (TPSA) is 93.1 Å². The second kappa shape index (κ2) is 9.05. The summed E-state index contributed by atoms with van der Waals surface area (Å²) in [5.41, 5.74) is 0.945. The van der Waals surface area contributed by atoms with Gasteiger partial charge in [0.1, 0.15) is 12.2 Å². The molecule has 1 aliphatic carbocycles. The number of rotatable bonds is 1. The fraction of sp³-hybridized carbons (Fsp3) is 0.636. The van der Waals surface area contributed by atoms with E-state index < -0.39 is 35.9 Å². The fourth-order valence-corrected chi connectivity index (χ4v) is 3.74. The Morgan fingerprint density at radius 2 is 2.04 bits per heavy atom. The highest BCUT2D eigenvalue weighted by Gasteiger charge is 2.38. The van der Waals surface area contributed by atoms with E-state index in [2.05, 4.69) is 6.58 Å². The molecule has 1 fully saturated rings. The lowest BCUT2D eigenvalue weighted by molar-refractivity contribution is -0.163. The Balaban J connectivity index is 2.33. The van der Waals surface area contributed by atoms with Crippen LogP contribution < -0.4 is 0 Å². The van der Waals surface area contributed by atoms with Crippen molar-refractivity contribution in [3.63, 3.8) is 0 Å². The van der Waals surface area contributed by atoms with Gasteiger partial charge in [-0.25, -0.2) is 4.79 Å². The summed E-state index contributed by atoms with van der Waals surface area (Å²) < 4.78 is 10.8. The average Bonchev–Trinajstić information content (AvgIpc) is 2.86. The van der Waals surface area contributed by atoms with Crippen LogP contribution in [0.5, 0.6) is 0 Å². The predicted octanol–water partition coefficient (Wildman–Crippen LogP) is 2.98. The van der Waals surface area contributed by atoms with E-state index in [9.17, 15) is 19.8 Å². The largest absolute Gasteiger partial charge is 0.459 e. The Morgan fingerprint density at radius 1 is 1.36 bits per heavy atom. The van der Waals surface area contributed by atoms with Crippen molar-refractivity contribution < 1.29 is 29.3 Å². The Labute approximate surface area is 166 Å². The van der Waals surface area contributed by atoms with Crippen LogP contribution >= 0.6 is 0 Å². The summed E-state index contributed by atoms with van der Waals surface area (Å²) in [4.78, 5) is 23.5. The molecule has 1 saturated heterocycles. The molecule has 0 spiro atoms. The van der Waals surface area contributed by atoms with Crippen LogP contribution in [0.4, 0.5) is 0 Å². The molecule has 1 heterocycles. The van der Waals surface area contributed by atoms with Gasteiger partial charge in [-0.15, -0.1) is 0 Å². The highest BCUT2D eigenvalue weighted by molar-refractivity contribution is 5.91. The van der Waals surface area contributed by atoms with E-state index in [1.165, 1.54) is 6.92 Å². The fourth-order valence-electron chi connectivity index (χ4n) is 3.74. The Kier molecular flexibility index (Phi) is 7.23. The van der Waals surface area contributed by atoms with Crippen molar-refractivity contribution in [3.05, 3.63) is 35.5 Å². The molecule has 6 nitrogen and oxygen atoms in total. The maximum absolute atomic E-state index is 12.0. The zero-order valence-electron chi connectivity index (χ0n) is 17.2. The first-order valence-corrected chi connectivity index (χ1v) is 9.82. The van der Waals surface area contributed by atoms with Crippen molar-refractivity contribution in [1.82, 2.24) is 0 Å². The number of esters is 2. The summed E-state index contributed by atoms with van der Waals surface area (Å²) in [6.07, 6.45) is 4.19. The zero-order chi connectivity index (χ0) is 21.1. The van der Waals surface area contributed by atoms with E-state index in [1.807, 2.05) is 26.0 Å². The summed E-state index contributed by atoms with van der Waals surface area (Å²) in [5.74, 6) is -1.01. The number of hydrogen-bond acceptors (Lipinski definition) is 6. The van der Waals surface area contributed by atoms with E-state index >= 15 is 0 Å². The lowest BCUT2D eigenvalue weighted by atomic mass is 9.85. The minimum atomic E-state index is -1.26. The second-order valence-electron chi connectivity index (χ2n) is 8.25. The molecule has 1 aliphatic heterocycles. The highest BCUT2D eigenvalue weighted by Crippen LogP contribution is 2.34. The second-order valence-corrected chi connectivity index (χ2v) is 8.25. The molecule has 6 heteroatoms.